The quantitative estimate of drug-likeness (QED) is 0.242. The minimum absolute atomic E-state index is 0.00388. The molecule has 0 radical (unpaired) electrons. The number of aliphatic carboxylic acids is 2. The Morgan fingerprint density at radius 1 is 0.711 bits per heavy atom. The van der Waals surface area contributed by atoms with Gasteiger partial charge in [-0.1, -0.05) is 49.3 Å². The smallest absolute Gasteiger partial charge is 0.326 e. The third-order valence-corrected chi connectivity index (χ3v) is 7.66. The van der Waals surface area contributed by atoms with Gasteiger partial charge in [-0.2, -0.15) is 0 Å². The van der Waals surface area contributed by atoms with Gasteiger partial charge in [-0.3, -0.25) is 9.59 Å². The van der Waals surface area contributed by atoms with Crippen molar-refractivity contribution in [2.45, 2.75) is 62.4 Å². The lowest BCUT2D eigenvalue weighted by atomic mass is 10.0. The van der Waals surface area contributed by atoms with Crippen LogP contribution in [0.15, 0.2) is 46.2 Å². The average molecular weight is 569 g/mol. The molecular formula is C26H30F2N2O6S2. The molecule has 0 saturated heterocycles. The Labute approximate surface area is 227 Å². The highest BCUT2D eigenvalue weighted by Crippen LogP contribution is 2.41. The Kier molecular flexibility index (Phi) is 11.6. The molecule has 0 bridgehead atoms. The van der Waals surface area contributed by atoms with Crippen LogP contribution in [0.1, 0.15) is 61.3 Å². The molecule has 0 aliphatic carbocycles. The second-order valence-corrected chi connectivity index (χ2v) is 11.6. The van der Waals surface area contributed by atoms with Gasteiger partial charge in [-0.25, -0.2) is 18.4 Å². The van der Waals surface area contributed by atoms with E-state index in [1.807, 2.05) is 27.7 Å². The first-order valence-electron chi connectivity index (χ1n) is 11.8. The highest BCUT2D eigenvalue weighted by atomic mass is 33.1. The topological polar surface area (TPSA) is 133 Å². The number of benzene rings is 2. The number of rotatable bonds is 13. The highest BCUT2D eigenvalue weighted by Gasteiger charge is 2.25. The molecule has 12 heteroatoms. The summed E-state index contributed by atoms with van der Waals surface area (Å²) in [6.07, 6.45) is 0.380. The van der Waals surface area contributed by atoms with Crippen molar-refractivity contribution in [3.05, 3.63) is 59.2 Å². The van der Waals surface area contributed by atoms with Crippen molar-refractivity contribution in [2.75, 3.05) is 0 Å². The van der Waals surface area contributed by atoms with Crippen LogP contribution >= 0.6 is 21.6 Å². The summed E-state index contributed by atoms with van der Waals surface area (Å²) in [5.74, 6) is -5.18. The Morgan fingerprint density at radius 3 is 1.34 bits per heavy atom. The number of hydrogen-bond donors (Lipinski definition) is 4. The molecular weight excluding hydrogens is 538 g/mol. The SMILES string of the molecule is CC(C)C[C@H](NC(=O)c1ccc(F)cc1SSc1cc(F)ccc1C(=O)N[C@@H](CC(C)C)C(=O)O)C(=O)O. The van der Waals surface area contributed by atoms with Crippen molar-refractivity contribution >= 4 is 45.3 Å². The summed E-state index contributed by atoms with van der Waals surface area (Å²) in [6, 6.07) is 4.40. The summed E-state index contributed by atoms with van der Waals surface area (Å²) in [6.45, 7) is 7.25. The molecule has 2 atom stereocenters. The molecule has 206 valence electrons. The van der Waals surface area contributed by atoms with Crippen molar-refractivity contribution in [1.29, 1.82) is 0 Å². The molecule has 2 amide bonds. The summed E-state index contributed by atoms with van der Waals surface area (Å²) >= 11 is 0. The van der Waals surface area contributed by atoms with Crippen LogP contribution in [0.5, 0.6) is 0 Å². The van der Waals surface area contributed by atoms with E-state index in [4.69, 9.17) is 0 Å². The minimum atomic E-state index is -1.20. The molecule has 8 nitrogen and oxygen atoms in total. The van der Waals surface area contributed by atoms with Gasteiger partial charge < -0.3 is 20.8 Å². The molecule has 0 spiro atoms. The maximum absolute atomic E-state index is 14.1. The molecule has 0 unspecified atom stereocenters. The molecule has 0 aliphatic heterocycles. The van der Waals surface area contributed by atoms with Gasteiger partial charge in [-0.15, -0.1) is 0 Å². The van der Waals surface area contributed by atoms with E-state index in [0.717, 1.165) is 45.9 Å². The third kappa shape index (κ3) is 9.32. The minimum Gasteiger partial charge on any atom is -0.480 e. The normalized spacial score (nSPS) is 12.7. The maximum Gasteiger partial charge on any atom is 0.326 e. The van der Waals surface area contributed by atoms with Crippen LogP contribution in [0, 0.1) is 23.5 Å². The fourth-order valence-corrected chi connectivity index (χ4v) is 5.82. The van der Waals surface area contributed by atoms with Gasteiger partial charge in [0, 0.05) is 9.79 Å². The van der Waals surface area contributed by atoms with E-state index in [1.54, 1.807) is 0 Å². The van der Waals surface area contributed by atoms with E-state index < -0.39 is 47.5 Å². The summed E-state index contributed by atoms with van der Waals surface area (Å²) < 4.78 is 28.1. The summed E-state index contributed by atoms with van der Waals surface area (Å²) in [4.78, 5) is 49.2. The Morgan fingerprint density at radius 2 is 1.05 bits per heavy atom. The van der Waals surface area contributed by atoms with E-state index >= 15 is 0 Å². The number of carbonyl (C=O) groups is 4. The van der Waals surface area contributed by atoms with Crippen LogP contribution in [0.4, 0.5) is 8.78 Å². The monoisotopic (exact) mass is 568 g/mol. The van der Waals surface area contributed by atoms with Crippen LogP contribution in [-0.4, -0.2) is 46.0 Å². The van der Waals surface area contributed by atoms with Gasteiger partial charge in [0.15, 0.2) is 0 Å². The van der Waals surface area contributed by atoms with Crippen LogP contribution < -0.4 is 10.6 Å². The maximum atomic E-state index is 14.1. The number of carboxylic acids is 2. The second-order valence-electron chi connectivity index (χ2n) is 9.44. The number of halogens is 2. The molecule has 2 aromatic rings. The number of carbonyl (C=O) groups excluding carboxylic acids is 2. The first-order chi connectivity index (χ1) is 17.8. The van der Waals surface area contributed by atoms with Crippen LogP contribution in [-0.2, 0) is 9.59 Å². The van der Waals surface area contributed by atoms with E-state index in [-0.39, 0.29) is 45.6 Å². The highest BCUT2D eigenvalue weighted by molar-refractivity contribution is 8.76. The molecule has 0 fully saturated rings. The van der Waals surface area contributed by atoms with E-state index in [1.165, 1.54) is 12.1 Å². The third-order valence-electron chi connectivity index (χ3n) is 5.22. The zero-order valence-electron chi connectivity index (χ0n) is 21.3. The number of nitrogens with one attached hydrogen (secondary N) is 2. The number of carboxylic acid groups (broad SMARTS) is 2. The van der Waals surface area contributed by atoms with Gasteiger partial charge in [0.2, 0.25) is 0 Å². The second kappa shape index (κ2) is 14.1. The zero-order chi connectivity index (χ0) is 28.6. The molecule has 38 heavy (non-hydrogen) atoms. The van der Waals surface area contributed by atoms with Crippen LogP contribution in [0.25, 0.3) is 0 Å². The summed E-state index contributed by atoms with van der Waals surface area (Å²) in [7, 11) is 1.75. The first-order valence-corrected chi connectivity index (χ1v) is 13.9. The lowest BCUT2D eigenvalue weighted by Crippen LogP contribution is -2.41. The molecule has 2 rings (SSSR count). The van der Waals surface area contributed by atoms with Crippen molar-refractivity contribution < 1.29 is 38.2 Å². The molecule has 0 aromatic heterocycles. The van der Waals surface area contributed by atoms with Crippen molar-refractivity contribution in [3.63, 3.8) is 0 Å². The number of hydrogen-bond acceptors (Lipinski definition) is 6. The van der Waals surface area contributed by atoms with Crippen molar-refractivity contribution in [1.82, 2.24) is 10.6 Å². The van der Waals surface area contributed by atoms with Gasteiger partial charge in [0.05, 0.1) is 11.1 Å². The summed E-state index contributed by atoms with van der Waals surface area (Å²) in [5.41, 5.74) is 0.00775. The van der Waals surface area contributed by atoms with E-state index in [9.17, 15) is 38.2 Å². The Bertz CT molecular complexity index is 1100. The largest absolute Gasteiger partial charge is 0.480 e. The van der Waals surface area contributed by atoms with Crippen LogP contribution in [0.2, 0.25) is 0 Å². The van der Waals surface area contributed by atoms with Gasteiger partial charge in [0.1, 0.15) is 23.7 Å². The molecule has 2 aromatic carbocycles. The van der Waals surface area contributed by atoms with E-state index in [2.05, 4.69) is 10.6 Å². The van der Waals surface area contributed by atoms with Crippen LogP contribution in [0.3, 0.4) is 0 Å². The van der Waals surface area contributed by atoms with E-state index in [0.29, 0.717) is 0 Å². The molecule has 0 heterocycles. The Balaban J connectivity index is 2.30. The molecule has 0 aliphatic rings. The summed E-state index contributed by atoms with van der Waals surface area (Å²) in [5, 5.41) is 23.8. The lowest BCUT2D eigenvalue weighted by Gasteiger charge is -2.18. The standard InChI is InChI=1S/C26H30F2N2O6S2/c1-13(2)9-19(25(33)34)29-23(31)17-7-5-15(27)11-21(17)37-38-22-12-16(28)6-8-18(22)24(32)30-20(26(35)36)10-14(3)4/h5-8,11-14,19-20H,9-10H2,1-4H3,(H,29,31)(H,30,32)(H,33,34)(H,35,36)/t19-,20-/m0/s1. The molecule has 4 N–H and O–H groups in total. The van der Waals surface area contributed by atoms with Gasteiger partial charge in [0.25, 0.3) is 11.8 Å². The van der Waals surface area contributed by atoms with Crippen molar-refractivity contribution in [2.24, 2.45) is 11.8 Å². The van der Waals surface area contributed by atoms with Crippen molar-refractivity contribution in [3.8, 4) is 0 Å². The number of amides is 2. The zero-order valence-corrected chi connectivity index (χ0v) is 22.9. The fourth-order valence-electron chi connectivity index (χ4n) is 3.45. The lowest BCUT2D eigenvalue weighted by molar-refractivity contribution is -0.140. The average Bonchev–Trinajstić information content (AvgIpc) is 2.81. The molecule has 0 saturated carbocycles. The fraction of sp³-hybridized carbons (Fsp3) is 0.385. The first kappa shape index (κ1) is 31.1. The van der Waals surface area contributed by atoms with Gasteiger partial charge in [-0.05, 0) is 61.1 Å². The van der Waals surface area contributed by atoms with Gasteiger partial charge >= 0.3 is 11.9 Å². The Hall–Kier alpha value is -3.12. The predicted molar refractivity (Wildman–Crippen MR) is 141 cm³/mol. The predicted octanol–water partition coefficient (Wildman–Crippen LogP) is 5.22.